The minimum Gasteiger partial charge on any atom is -0.343 e. The smallest absolute Gasteiger partial charge is 0.225 e. The molecule has 6 rings (SSSR count). The number of rotatable bonds is 4. The van der Waals surface area contributed by atoms with Crippen molar-refractivity contribution in [2.75, 3.05) is 31.1 Å². The summed E-state index contributed by atoms with van der Waals surface area (Å²) in [6.45, 7) is 3.44. The fourth-order valence-electron chi connectivity index (χ4n) is 6.68. The molecule has 4 heterocycles. The Bertz CT molecular complexity index is 1340. The number of aromatic nitrogens is 3. The molecule has 0 N–H and O–H groups in total. The van der Waals surface area contributed by atoms with Crippen molar-refractivity contribution in [1.29, 1.82) is 0 Å². The number of likely N-dealkylation sites (tertiary alicyclic amines) is 1. The number of carbonyl (C=O) groups is 1. The van der Waals surface area contributed by atoms with E-state index in [1.807, 2.05) is 18.3 Å². The molecule has 3 aliphatic rings. The number of nitrogens with zero attached hydrogens (tertiary/aromatic N) is 5. The van der Waals surface area contributed by atoms with Crippen molar-refractivity contribution in [1.82, 2.24) is 19.9 Å². The number of pyridine rings is 1. The Labute approximate surface area is 251 Å². The number of anilines is 1. The molecule has 6 nitrogen and oxygen atoms in total. The van der Waals surface area contributed by atoms with Crippen LogP contribution in [-0.2, 0) is 17.6 Å². The molecule has 2 aliphatic heterocycles. The predicted molar refractivity (Wildman–Crippen MR) is 161 cm³/mol. The van der Waals surface area contributed by atoms with E-state index in [-0.39, 0.29) is 5.92 Å². The van der Waals surface area contributed by atoms with Crippen LogP contribution in [0.3, 0.4) is 0 Å². The highest BCUT2D eigenvalue weighted by molar-refractivity contribution is 9.10. The molecule has 1 aliphatic carbocycles. The van der Waals surface area contributed by atoms with E-state index in [1.165, 1.54) is 22.4 Å². The van der Waals surface area contributed by atoms with Gasteiger partial charge < -0.3 is 9.80 Å². The predicted octanol–water partition coefficient (Wildman–Crippen LogP) is 6.83. The highest BCUT2D eigenvalue weighted by atomic mass is 79.9. The second kappa shape index (κ2) is 11.8. The summed E-state index contributed by atoms with van der Waals surface area (Å²) in [5.74, 6) is 2.14. The van der Waals surface area contributed by atoms with E-state index in [2.05, 4.69) is 63.8 Å². The van der Waals surface area contributed by atoms with Crippen molar-refractivity contribution in [3.8, 4) is 0 Å². The van der Waals surface area contributed by atoms with Gasteiger partial charge in [-0.15, -0.1) is 0 Å². The minimum atomic E-state index is 0.194. The number of carbonyl (C=O) groups excluding carboxylic acids is 1. The number of hydrogen-bond acceptors (Lipinski definition) is 5. The van der Waals surface area contributed by atoms with E-state index >= 15 is 0 Å². The largest absolute Gasteiger partial charge is 0.343 e. The maximum Gasteiger partial charge on any atom is 0.225 e. The van der Waals surface area contributed by atoms with Gasteiger partial charge in [0.25, 0.3) is 0 Å². The van der Waals surface area contributed by atoms with Crippen molar-refractivity contribution in [2.24, 2.45) is 11.8 Å². The van der Waals surface area contributed by atoms with Crippen LogP contribution in [-0.4, -0.2) is 51.9 Å². The van der Waals surface area contributed by atoms with Crippen LogP contribution in [0.1, 0.15) is 60.4 Å². The van der Waals surface area contributed by atoms with Crippen LogP contribution in [0.4, 0.5) is 5.95 Å². The molecule has 9 heteroatoms. The van der Waals surface area contributed by atoms with Crippen molar-refractivity contribution in [3.05, 3.63) is 79.2 Å². The van der Waals surface area contributed by atoms with Gasteiger partial charge >= 0.3 is 0 Å². The number of hydrogen-bond donors (Lipinski definition) is 0. The summed E-state index contributed by atoms with van der Waals surface area (Å²) in [5, 5.41) is 0.766. The number of piperidine rings is 2. The summed E-state index contributed by atoms with van der Waals surface area (Å²) in [6, 6.07) is 8.22. The maximum absolute atomic E-state index is 13.3. The SMILES string of the molecule is O=C(CC1CCN(c2ncccn2)CC1)N1CCC([C@H]2c3ncc(Br)cc3CCc3cc(Cl)cc(Br)c32)CC1. The van der Waals surface area contributed by atoms with Crippen LogP contribution in [0.25, 0.3) is 0 Å². The average Bonchev–Trinajstić information content (AvgIpc) is 3.11. The Morgan fingerprint density at radius 3 is 2.38 bits per heavy atom. The quantitative estimate of drug-likeness (QED) is 0.304. The van der Waals surface area contributed by atoms with Crippen molar-refractivity contribution < 1.29 is 4.79 Å². The zero-order valence-electron chi connectivity index (χ0n) is 21.8. The first-order chi connectivity index (χ1) is 19.0. The van der Waals surface area contributed by atoms with E-state index in [0.717, 1.165) is 84.6 Å². The standard InChI is InChI=1S/C30H32Br2ClN5O/c31-23-15-22-3-2-21-16-24(33)17-25(32)27(21)28(29(22)36-18-23)20-6-12-37(13-7-20)26(39)14-19-4-10-38(11-5-19)30-34-8-1-9-35-30/h1,8-9,15-20,28H,2-7,10-14H2/t28-/m1/s1. The molecule has 0 unspecified atom stereocenters. The lowest BCUT2D eigenvalue weighted by molar-refractivity contribution is -0.133. The first kappa shape index (κ1) is 27.2. The van der Waals surface area contributed by atoms with Gasteiger partial charge in [0.05, 0.1) is 5.69 Å². The van der Waals surface area contributed by atoms with Crippen LogP contribution in [0.5, 0.6) is 0 Å². The Hall–Kier alpha value is -2.03. The molecule has 2 saturated heterocycles. The van der Waals surface area contributed by atoms with Gasteiger partial charge in [-0.05, 0) is 107 Å². The first-order valence-electron chi connectivity index (χ1n) is 13.9. The molecule has 0 spiro atoms. The molecule has 2 fully saturated rings. The number of fused-ring (bicyclic) bond motifs is 2. The van der Waals surface area contributed by atoms with Crippen molar-refractivity contribution in [2.45, 2.75) is 50.9 Å². The summed E-state index contributed by atoms with van der Waals surface area (Å²) in [5.41, 5.74) is 5.12. The summed E-state index contributed by atoms with van der Waals surface area (Å²) in [7, 11) is 0. The summed E-state index contributed by atoms with van der Waals surface area (Å²) in [6.07, 6.45) is 12.0. The fourth-order valence-corrected chi connectivity index (χ4v) is 8.18. The molecule has 1 amide bonds. The third kappa shape index (κ3) is 5.89. The Morgan fingerprint density at radius 1 is 0.923 bits per heavy atom. The van der Waals surface area contributed by atoms with E-state index in [9.17, 15) is 4.79 Å². The monoisotopic (exact) mass is 671 g/mol. The van der Waals surface area contributed by atoms with E-state index in [1.54, 1.807) is 12.4 Å². The molecule has 3 aromatic rings. The highest BCUT2D eigenvalue weighted by Crippen LogP contribution is 2.46. The Kier molecular flexibility index (Phi) is 8.24. The lowest BCUT2D eigenvalue weighted by atomic mass is 9.76. The van der Waals surface area contributed by atoms with Crippen molar-refractivity contribution in [3.63, 3.8) is 0 Å². The molecular formula is C30H32Br2ClN5O. The molecule has 0 saturated carbocycles. The summed E-state index contributed by atoms with van der Waals surface area (Å²) < 4.78 is 2.09. The second-order valence-corrected chi connectivity index (χ2v) is 13.2. The Morgan fingerprint density at radius 2 is 1.64 bits per heavy atom. The van der Waals surface area contributed by atoms with Gasteiger partial charge in [0.2, 0.25) is 11.9 Å². The number of aryl methyl sites for hydroxylation is 2. The lowest BCUT2D eigenvalue weighted by Crippen LogP contribution is -2.42. The number of benzene rings is 1. The van der Waals surface area contributed by atoms with Gasteiger partial charge in [0.1, 0.15) is 0 Å². The lowest BCUT2D eigenvalue weighted by Gasteiger charge is -2.38. The van der Waals surface area contributed by atoms with E-state index in [4.69, 9.17) is 16.6 Å². The zero-order valence-corrected chi connectivity index (χ0v) is 25.8. The Balaban J connectivity index is 1.12. The van der Waals surface area contributed by atoms with Crippen LogP contribution < -0.4 is 4.90 Å². The van der Waals surface area contributed by atoms with Gasteiger partial charge in [-0.1, -0.05) is 27.5 Å². The molecule has 39 heavy (non-hydrogen) atoms. The average molecular weight is 674 g/mol. The van der Waals surface area contributed by atoms with E-state index < -0.39 is 0 Å². The van der Waals surface area contributed by atoms with Gasteiger partial charge in [-0.2, -0.15) is 0 Å². The molecule has 2 aromatic heterocycles. The number of halogens is 3. The normalized spacial score (nSPS) is 20.3. The third-order valence-corrected chi connectivity index (χ3v) is 10.0. The van der Waals surface area contributed by atoms with Crippen LogP contribution in [0, 0.1) is 11.8 Å². The van der Waals surface area contributed by atoms with Gasteiger partial charge in [-0.3, -0.25) is 9.78 Å². The summed E-state index contributed by atoms with van der Waals surface area (Å²) in [4.78, 5) is 31.4. The summed E-state index contributed by atoms with van der Waals surface area (Å²) >= 11 is 14.0. The second-order valence-electron chi connectivity index (χ2n) is 11.0. The van der Waals surface area contributed by atoms with Crippen LogP contribution in [0.15, 0.2) is 51.8 Å². The molecular weight excluding hydrogens is 642 g/mol. The fraction of sp³-hybridized carbons (Fsp3) is 0.467. The van der Waals surface area contributed by atoms with Gasteiger partial charge in [0, 0.05) is 71.1 Å². The highest BCUT2D eigenvalue weighted by Gasteiger charge is 2.36. The van der Waals surface area contributed by atoms with Gasteiger partial charge in [0.15, 0.2) is 0 Å². The molecule has 1 aromatic carbocycles. The molecule has 0 bridgehead atoms. The van der Waals surface area contributed by atoms with E-state index in [0.29, 0.717) is 24.2 Å². The topological polar surface area (TPSA) is 62.2 Å². The zero-order chi connectivity index (χ0) is 26.9. The first-order valence-corrected chi connectivity index (χ1v) is 15.8. The van der Waals surface area contributed by atoms with Crippen LogP contribution >= 0.6 is 43.5 Å². The number of amides is 1. The molecule has 0 radical (unpaired) electrons. The minimum absolute atomic E-state index is 0.194. The molecule has 204 valence electrons. The maximum atomic E-state index is 13.3. The van der Waals surface area contributed by atoms with Crippen molar-refractivity contribution >= 4 is 55.3 Å². The van der Waals surface area contributed by atoms with Gasteiger partial charge in [-0.25, -0.2) is 9.97 Å². The molecule has 1 atom stereocenters. The third-order valence-electron chi connectivity index (χ3n) is 8.69. The van der Waals surface area contributed by atoms with Crippen LogP contribution in [0.2, 0.25) is 5.02 Å².